The maximum atomic E-state index is 11.9. The molecular weight excluding hydrogens is 1810 g/mol. The van der Waals surface area contributed by atoms with Crippen LogP contribution in [0.25, 0.3) is 0 Å². The van der Waals surface area contributed by atoms with Crippen LogP contribution in [0.2, 0.25) is 0 Å². The molecule has 0 spiro atoms. The lowest BCUT2D eigenvalue weighted by Crippen LogP contribution is -2.36. The van der Waals surface area contributed by atoms with Crippen LogP contribution in [0.15, 0.2) is 210 Å². The van der Waals surface area contributed by atoms with Crippen LogP contribution in [-0.4, -0.2) is 107 Å². The summed E-state index contributed by atoms with van der Waals surface area (Å²) < 4.78 is 44.4. The van der Waals surface area contributed by atoms with Gasteiger partial charge in [-0.3, -0.25) is 24.0 Å². The first kappa shape index (κ1) is 103. The molecule has 0 bridgehead atoms. The lowest BCUT2D eigenvalue weighted by Gasteiger charge is -2.33. The number of benzene rings is 9. The molecule has 0 fully saturated rings. The van der Waals surface area contributed by atoms with Gasteiger partial charge in [0.15, 0.2) is 0 Å². The molecule has 29 nitrogen and oxygen atoms in total. The Morgan fingerprint density at radius 2 is 0.874 bits per heavy atom. The summed E-state index contributed by atoms with van der Waals surface area (Å²) >= 11 is 3.44. The molecule has 0 saturated carbocycles. The smallest absolute Gasteiger partial charge is 0.487 e. The van der Waals surface area contributed by atoms with Gasteiger partial charge in [-0.2, -0.15) is 8.42 Å². The van der Waals surface area contributed by atoms with Crippen molar-refractivity contribution < 1.29 is 94.4 Å². The van der Waals surface area contributed by atoms with E-state index in [0.717, 1.165) is 189 Å². The van der Waals surface area contributed by atoms with Crippen LogP contribution in [0.5, 0.6) is 17.2 Å². The number of rotatable bonds is 14. The van der Waals surface area contributed by atoms with Crippen molar-refractivity contribution in [3.05, 3.63) is 301 Å². The van der Waals surface area contributed by atoms with Crippen molar-refractivity contribution in [2.24, 2.45) is 42.0 Å². The van der Waals surface area contributed by atoms with Gasteiger partial charge in [-0.1, -0.05) is 157 Å². The molecule has 0 radical (unpaired) electrons. The number of fused-ring (bicyclic) bond motifs is 7. The molecular formula is C104H113BrN8O21S. The van der Waals surface area contributed by atoms with Gasteiger partial charge in [-0.05, 0) is 290 Å². The molecule has 9 aromatic carbocycles. The fourth-order valence-electron chi connectivity index (χ4n) is 15.3. The molecule has 135 heavy (non-hydrogen) atoms. The Hall–Kier alpha value is -13.8. The predicted molar refractivity (Wildman–Crippen MR) is 519 cm³/mol. The predicted octanol–water partition coefficient (Wildman–Crippen LogP) is 21.3. The second kappa shape index (κ2) is 48.2. The SMILES string of the molecule is CC(=O)O/N=C1\CC(C)(C)Oc2cc(C)c(C)cc21.CC(=O)O/N=C1\CC(c2ccccc2)Oc2cc(C)ccc21.CC(=O)O/N=C1\CCCc2ccc(Br)cc21.CC(=O)O/N=C1\CCCc2ccc(CC(=O)C(C)C)cc21.CC(=O)O/N=C1\CCCc2ccc([N+](=O)[O-])cc21.Cc1cc2c(cc1C)/C(=N/OC(=O)Oc1ccccc1)CC2.Cc1cc2c(cc1C)/C(=N/OS(C)(=O)=O)CC2. The Labute approximate surface area is 795 Å². The Balaban J connectivity index is 0.000000163. The molecule has 0 amide bonds. The summed E-state index contributed by atoms with van der Waals surface area (Å²) in [6.45, 7) is 28.8. The molecule has 31 heteroatoms. The molecule has 0 aromatic heterocycles. The number of Topliss-reactive ketones (excluding diaryl/α,β-unsaturated/α-hetero) is 1. The molecule has 708 valence electrons. The second-order valence-corrected chi connectivity index (χ2v) is 36.8. The summed E-state index contributed by atoms with van der Waals surface area (Å²) in [5, 5.41) is 38.1. The maximum absolute atomic E-state index is 11.9. The Bertz CT molecular complexity index is 6300. The Morgan fingerprint density at radius 3 is 1.38 bits per heavy atom. The van der Waals surface area contributed by atoms with E-state index < -0.39 is 45.1 Å². The number of nitro benzene ring substituents is 1. The van der Waals surface area contributed by atoms with E-state index in [1.165, 1.54) is 96.8 Å². The van der Waals surface area contributed by atoms with Gasteiger partial charge in [-0.25, -0.2) is 28.8 Å². The van der Waals surface area contributed by atoms with E-state index in [9.17, 15) is 52.1 Å². The largest absolute Gasteiger partial charge is 0.540 e. The highest BCUT2D eigenvalue weighted by Gasteiger charge is 2.34. The zero-order valence-corrected chi connectivity index (χ0v) is 81.5. The summed E-state index contributed by atoms with van der Waals surface area (Å²) in [6, 6.07) is 54.1. The molecule has 2 heterocycles. The number of hydrogen-bond acceptors (Lipinski definition) is 28. The fraction of sp³-hybridized carbons (Fsp3) is 0.346. The number of nitro groups is 1. The van der Waals surface area contributed by atoms with Crippen molar-refractivity contribution >= 4 is 114 Å². The summed E-state index contributed by atoms with van der Waals surface area (Å²) in [7, 11) is -3.52. The van der Waals surface area contributed by atoms with Crippen molar-refractivity contribution in [3.8, 4) is 17.2 Å². The fourth-order valence-corrected chi connectivity index (χ4v) is 15.9. The summed E-state index contributed by atoms with van der Waals surface area (Å²) in [4.78, 5) is 117. The van der Waals surface area contributed by atoms with Crippen LogP contribution in [-0.2, 0) is 111 Å². The van der Waals surface area contributed by atoms with Crippen molar-refractivity contribution in [3.63, 3.8) is 0 Å². The van der Waals surface area contributed by atoms with E-state index in [1.807, 2.05) is 152 Å². The normalized spacial score (nSPS) is 16.9. The van der Waals surface area contributed by atoms with E-state index in [1.54, 1.807) is 30.3 Å². The van der Waals surface area contributed by atoms with Gasteiger partial charge in [0.05, 0.1) is 51.2 Å². The minimum atomic E-state index is -3.52. The lowest BCUT2D eigenvalue weighted by molar-refractivity contribution is -0.384. The maximum Gasteiger partial charge on any atom is 0.540 e. The standard InChI is InChI=1S/2C18H17NO3.C17H21NO3.C15H19NO3.C12H12BrNO2.C12H12N2O4.C12H15NO3S/c1-12-10-14-8-9-17(16(14)11-13(12)2)19-22-18(20)21-15-6-4-3-5-7-15;1-12-8-9-15-16(19-22-13(2)20)11-17(21-18(15)10-12)14-6-4-3-5-7-14;1-11(2)17(20)10-13-7-8-14-5-4-6-16(15(14)9-13)18-21-12(3)19;1-9-6-12-13(16-19-11(3)17)8-15(4,5)18-14(12)7-10(9)2;1-8(15)16-14-12-4-2-3-9-5-6-10(13)7-11(9)12;1-8(15)18-13-12-4-2-3-9-5-6-10(14(16)17)7-11(9)12;1-8-6-10-4-5-12(11(10)7-9(8)2)13-16-17(3,14)15/h3-7,10-11H,8-9H2,1-2H3;3-10,17H,11H2,1-2H3;7-9,11H,4-6,10H2,1-3H3;6-7H,8H2,1-5H3;5-7H,2-4H2,1H3;5-7H,2-4H2,1H3;6-7H,4-5H2,1-3H3/b19-17+;19-16+;18-16+;16-13+;14-12+;2*13-12+. The first-order valence-electron chi connectivity index (χ1n) is 44.4. The second-order valence-electron chi connectivity index (χ2n) is 34.3. The minimum absolute atomic E-state index is 0.0196. The summed E-state index contributed by atoms with van der Waals surface area (Å²) in [5.41, 5.74) is 27.9. The Kier molecular flexibility index (Phi) is 36.9. The van der Waals surface area contributed by atoms with Crippen molar-refractivity contribution in [1.29, 1.82) is 0 Å². The molecule has 0 saturated heterocycles. The summed E-state index contributed by atoms with van der Waals surface area (Å²) in [5.74, 6) is 0.128. The van der Waals surface area contributed by atoms with E-state index in [0.29, 0.717) is 48.4 Å². The first-order valence-corrected chi connectivity index (χ1v) is 47.0. The number of carbonyl (C=O) groups is 7. The molecule has 2 aliphatic heterocycles. The third-order valence-corrected chi connectivity index (χ3v) is 23.3. The van der Waals surface area contributed by atoms with E-state index in [-0.39, 0.29) is 35.1 Å². The quantitative estimate of drug-likeness (QED) is 0.0321. The number of hydrogen-bond donors (Lipinski definition) is 0. The number of nitrogens with zero attached hydrogens (tertiary/aromatic N) is 8. The zero-order valence-electron chi connectivity index (χ0n) is 79.1. The molecule has 0 N–H and O–H groups in total. The van der Waals surface area contributed by atoms with E-state index in [2.05, 4.69) is 112 Å². The number of halogens is 1. The average molecular weight is 1920 g/mol. The van der Waals surface area contributed by atoms with Crippen molar-refractivity contribution in [1.82, 2.24) is 0 Å². The number of aryl methyl sites for hydroxylation is 12. The van der Waals surface area contributed by atoms with Crippen molar-refractivity contribution in [2.45, 2.75) is 225 Å². The van der Waals surface area contributed by atoms with Gasteiger partial charge in [0.2, 0.25) is 0 Å². The molecule has 7 aliphatic rings. The minimum Gasteiger partial charge on any atom is -0.487 e. The number of para-hydroxylation sites is 1. The third-order valence-electron chi connectivity index (χ3n) is 22.4. The Morgan fingerprint density at radius 1 is 0.444 bits per heavy atom. The monoisotopic (exact) mass is 1920 g/mol. The average Bonchev–Trinajstić information content (AvgIpc) is 1.45. The zero-order chi connectivity index (χ0) is 98.0. The highest BCUT2D eigenvalue weighted by atomic mass is 79.9. The van der Waals surface area contributed by atoms with Gasteiger partial charge in [0.1, 0.15) is 34.7 Å². The van der Waals surface area contributed by atoms with Crippen molar-refractivity contribution in [2.75, 3.05) is 6.26 Å². The topological polar surface area (TPSA) is 376 Å². The van der Waals surface area contributed by atoms with Gasteiger partial charge < -0.3 is 38.4 Å². The van der Waals surface area contributed by atoms with Gasteiger partial charge >= 0.3 is 46.1 Å². The highest BCUT2D eigenvalue weighted by Crippen LogP contribution is 2.39. The highest BCUT2D eigenvalue weighted by molar-refractivity contribution is 9.10. The van der Waals surface area contributed by atoms with Gasteiger partial charge in [-0.15, -0.1) is 0 Å². The van der Waals surface area contributed by atoms with E-state index >= 15 is 0 Å². The number of carbonyl (C=O) groups excluding carboxylic acids is 7. The molecule has 9 aromatic rings. The lowest BCUT2D eigenvalue weighted by atomic mass is 9.87. The molecule has 16 rings (SSSR count). The molecule has 5 aliphatic carbocycles. The molecule has 1 unspecified atom stereocenters. The van der Waals surface area contributed by atoms with Crippen LogP contribution in [0.3, 0.4) is 0 Å². The van der Waals surface area contributed by atoms with E-state index in [4.69, 9.17) is 38.4 Å². The molecule has 1 atom stereocenters. The number of non-ortho nitro benzene ring substituents is 1. The van der Waals surface area contributed by atoms with Gasteiger partial charge in [0.25, 0.3) is 5.69 Å². The number of oxime groups is 7. The first-order chi connectivity index (χ1) is 64.1. The van der Waals surface area contributed by atoms with Crippen LogP contribution in [0.4, 0.5) is 10.5 Å². The van der Waals surface area contributed by atoms with Crippen LogP contribution >= 0.6 is 15.9 Å². The van der Waals surface area contributed by atoms with Crippen LogP contribution < -0.4 is 14.2 Å². The summed E-state index contributed by atoms with van der Waals surface area (Å²) in [6.07, 6.45) is 13.1. The van der Waals surface area contributed by atoms with Gasteiger partial charge in [0, 0.05) is 115 Å². The number of ketones is 1. The van der Waals surface area contributed by atoms with Crippen LogP contribution in [0.1, 0.15) is 249 Å². The number of ether oxygens (including phenoxy) is 3. The van der Waals surface area contributed by atoms with Crippen LogP contribution in [0, 0.1) is 64.5 Å². The third kappa shape index (κ3) is 31.1.